The summed E-state index contributed by atoms with van der Waals surface area (Å²) in [4.78, 5) is 27.5. The molecule has 4 aromatic rings. The molecule has 1 heterocycles. The van der Waals surface area contributed by atoms with Crippen molar-refractivity contribution in [2.45, 2.75) is 55.6 Å². The second kappa shape index (κ2) is 10.1. The van der Waals surface area contributed by atoms with Gasteiger partial charge in [0.15, 0.2) is 0 Å². The van der Waals surface area contributed by atoms with Gasteiger partial charge in [0.05, 0.1) is 16.3 Å². The normalized spacial score (nSPS) is 15.4. The molecule has 34 heavy (non-hydrogen) atoms. The van der Waals surface area contributed by atoms with E-state index < -0.39 is 0 Å². The number of nitrogens with zero attached hydrogens (tertiary/aromatic N) is 1. The summed E-state index contributed by atoms with van der Waals surface area (Å²) in [6.45, 7) is 2.05. The fraction of sp³-hybridized carbons (Fsp3) is 0.310. The molecule has 1 amide bonds. The maximum atomic E-state index is 13.8. The smallest absolute Gasteiger partial charge is 0.245 e. The van der Waals surface area contributed by atoms with E-state index in [1.807, 2.05) is 65.2 Å². The number of thioether (sulfide) groups is 1. The Morgan fingerprint density at radius 2 is 1.56 bits per heavy atom. The van der Waals surface area contributed by atoms with Crippen molar-refractivity contribution in [2.75, 3.05) is 5.32 Å². The van der Waals surface area contributed by atoms with E-state index in [0.29, 0.717) is 6.42 Å². The molecule has 0 aliphatic heterocycles. The predicted octanol–water partition coefficient (Wildman–Crippen LogP) is 7.52. The summed E-state index contributed by atoms with van der Waals surface area (Å²) in [7, 11) is 0. The van der Waals surface area contributed by atoms with Crippen molar-refractivity contribution in [3.63, 3.8) is 0 Å². The van der Waals surface area contributed by atoms with Gasteiger partial charge in [-0.2, -0.15) is 0 Å². The quantitative estimate of drug-likeness (QED) is 0.296. The van der Waals surface area contributed by atoms with Gasteiger partial charge in [-0.25, -0.2) is 0 Å². The summed E-state index contributed by atoms with van der Waals surface area (Å²) in [5.41, 5.74) is 2.70. The summed E-state index contributed by atoms with van der Waals surface area (Å²) in [5, 5.41) is 5.07. The molecule has 4 nitrogen and oxygen atoms in total. The van der Waals surface area contributed by atoms with Crippen LogP contribution in [0.4, 0.5) is 5.69 Å². The molecule has 5 heteroatoms. The molecule has 1 N–H and O–H groups in total. The summed E-state index contributed by atoms with van der Waals surface area (Å²) in [6.07, 6.45) is 6.17. The number of aromatic nitrogens is 1. The van der Waals surface area contributed by atoms with Gasteiger partial charge in [-0.15, -0.1) is 11.8 Å². The topological polar surface area (TPSA) is 51.1 Å². The van der Waals surface area contributed by atoms with Crippen LogP contribution in [0.1, 0.15) is 50.2 Å². The van der Waals surface area contributed by atoms with Crippen LogP contribution in [0, 0.1) is 5.92 Å². The summed E-state index contributed by atoms with van der Waals surface area (Å²) in [5.74, 6) is 0.321. The van der Waals surface area contributed by atoms with Gasteiger partial charge in [-0.1, -0.05) is 68.7 Å². The fourth-order valence-corrected chi connectivity index (χ4v) is 6.09. The highest BCUT2D eigenvalue weighted by Gasteiger charge is 2.24. The number of anilines is 1. The largest absolute Gasteiger partial charge is 0.326 e. The average molecular weight is 471 g/mol. The number of fused-ring (bicyclic) bond motifs is 3. The van der Waals surface area contributed by atoms with Crippen LogP contribution in [-0.2, 0) is 4.79 Å². The monoisotopic (exact) mass is 470 g/mol. The molecule has 1 aromatic heterocycles. The van der Waals surface area contributed by atoms with Crippen LogP contribution in [0.3, 0.4) is 0 Å². The second-order valence-corrected chi connectivity index (χ2v) is 10.4. The Labute approximate surface area is 204 Å². The van der Waals surface area contributed by atoms with E-state index in [2.05, 4.69) is 24.4 Å². The molecular formula is C29H30N2O2S. The van der Waals surface area contributed by atoms with Crippen molar-refractivity contribution >= 4 is 51.1 Å². The van der Waals surface area contributed by atoms with Crippen molar-refractivity contribution < 1.29 is 9.59 Å². The van der Waals surface area contributed by atoms with Crippen molar-refractivity contribution in [3.8, 4) is 0 Å². The van der Waals surface area contributed by atoms with Crippen molar-refractivity contribution in [1.29, 1.82) is 0 Å². The lowest BCUT2D eigenvalue weighted by Crippen LogP contribution is -2.25. The molecule has 0 spiro atoms. The first-order chi connectivity index (χ1) is 16.7. The van der Waals surface area contributed by atoms with Crippen LogP contribution in [0.25, 0.3) is 21.8 Å². The van der Waals surface area contributed by atoms with E-state index in [9.17, 15) is 9.59 Å². The highest BCUT2D eigenvalue weighted by atomic mass is 32.2. The van der Waals surface area contributed by atoms with Crippen molar-refractivity contribution in [3.05, 3.63) is 72.8 Å². The molecule has 0 bridgehead atoms. The van der Waals surface area contributed by atoms with E-state index in [4.69, 9.17) is 0 Å². The van der Waals surface area contributed by atoms with Crippen LogP contribution in [0.2, 0.25) is 0 Å². The Hall–Kier alpha value is -3.05. The number of carbonyl (C=O) groups is 2. The van der Waals surface area contributed by atoms with Crippen molar-refractivity contribution in [1.82, 2.24) is 4.57 Å². The highest BCUT2D eigenvalue weighted by molar-refractivity contribution is 8.00. The van der Waals surface area contributed by atoms with Crippen LogP contribution in [-0.4, -0.2) is 21.6 Å². The van der Waals surface area contributed by atoms with Crippen LogP contribution in [0.5, 0.6) is 0 Å². The van der Waals surface area contributed by atoms with Crippen LogP contribution < -0.4 is 5.32 Å². The second-order valence-electron chi connectivity index (χ2n) is 9.07. The minimum atomic E-state index is -0.233. The third kappa shape index (κ3) is 4.49. The first kappa shape index (κ1) is 22.7. The number of para-hydroxylation sites is 2. The molecule has 1 saturated carbocycles. The molecule has 1 fully saturated rings. The summed E-state index contributed by atoms with van der Waals surface area (Å²) in [6, 6.07) is 24.1. The van der Waals surface area contributed by atoms with E-state index in [1.165, 1.54) is 6.42 Å². The van der Waals surface area contributed by atoms with Gasteiger partial charge in [0.1, 0.15) is 0 Å². The molecule has 1 aliphatic carbocycles. The minimum Gasteiger partial charge on any atom is -0.326 e. The number of carbonyl (C=O) groups excluding carboxylic acids is 2. The maximum Gasteiger partial charge on any atom is 0.245 e. The molecular weight excluding hydrogens is 440 g/mol. The van der Waals surface area contributed by atoms with Gasteiger partial charge in [0.2, 0.25) is 11.8 Å². The number of rotatable bonds is 6. The molecule has 1 unspecified atom stereocenters. The predicted molar refractivity (Wildman–Crippen MR) is 142 cm³/mol. The first-order valence-electron chi connectivity index (χ1n) is 12.3. The van der Waals surface area contributed by atoms with E-state index >= 15 is 0 Å². The molecule has 0 radical (unpaired) electrons. The molecule has 0 saturated heterocycles. The van der Waals surface area contributed by atoms with Gasteiger partial charge in [0, 0.05) is 27.3 Å². The highest BCUT2D eigenvalue weighted by Crippen LogP contribution is 2.34. The number of nitrogens with one attached hydrogen (secondary N) is 1. The van der Waals surface area contributed by atoms with E-state index in [0.717, 1.165) is 58.1 Å². The Balaban J connectivity index is 1.39. The molecule has 1 atom stereocenters. The summed E-state index contributed by atoms with van der Waals surface area (Å²) >= 11 is 1.57. The maximum absolute atomic E-state index is 13.8. The third-order valence-corrected chi connectivity index (χ3v) is 8.15. The number of benzene rings is 3. The van der Waals surface area contributed by atoms with E-state index in [1.54, 1.807) is 11.8 Å². The fourth-order valence-electron chi connectivity index (χ4n) is 5.03. The van der Waals surface area contributed by atoms with Gasteiger partial charge in [-0.3, -0.25) is 14.2 Å². The average Bonchev–Trinajstić information content (AvgIpc) is 3.22. The Kier molecular flexibility index (Phi) is 6.73. The van der Waals surface area contributed by atoms with Gasteiger partial charge < -0.3 is 5.32 Å². The van der Waals surface area contributed by atoms with Gasteiger partial charge in [0.25, 0.3) is 0 Å². The van der Waals surface area contributed by atoms with Crippen LogP contribution >= 0.6 is 11.8 Å². The molecule has 174 valence electrons. The van der Waals surface area contributed by atoms with E-state index in [-0.39, 0.29) is 23.0 Å². The number of hydrogen-bond acceptors (Lipinski definition) is 3. The van der Waals surface area contributed by atoms with Crippen LogP contribution in [0.15, 0.2) is 77.7 Å². The standard InChI is InChI=1S/C29H30N2O2S/c1-2-27(29(33)31-25-17-8-6-15-23(25)24-16-7-9-18-26(24)31)34-22-14-10-13-21(19-22)30-28(32)20-11-4-3-5-12-20/h6-10,13-20,27H,2-5,11-12H2,1H3,(H,30,32). The zero-order valence-electron chi connectivity index (χ0n) is 19.5. The van der Waals surface area contributed by atoms with Gasteiger partial charge in [-0.05, 0) is 49.6 Å². The Bertz CT molecular complexity index is 1280. The zero-order valence-corrected chi connectivity index (χ0v) is 20.3. The molecule has 1 aliphatic rings. The SMILES string of the molecule is CCC(Sc1cccc(NC(=O)C2CCCCC2)c1)C(=O)n1c2ccccc2c2ccccc21. The lowest BCUT2D eigenvalue weighted by atomic mass is 9.88. The van der Waals surface area contributed by atoms with Crippen molar-refractivity contribution in [2.24, 2.45) is 5.92 Å². The molecule has 3 aromatic carbocycles. The Morgan fingerprint density at radius 3 is 2.21 bits per heavy atom. The summed E-state index contributed by atoms with van der Waals surface area (Å²) < 4.78 is 1.88. The Morgan fingerprint density at radius 1 is 0.912 bits per heavy atom. The minimum absolute atomic E-state index is 0.0848. The lowest BCUT2D eigenvalue weighted by molar-refractivity contribution is -0.120. The molecule has 5 rings (SSSR count). The number of amides is 1. The third-order valence-electron chi connectivity index (χ3n) is 6.80. The number of hydrogen-bond donors (Lipinski definition) is 1. The lowest BCUT2D eigenvalue weighted by Gasteiger charge is -2.21. The zero-order chi connectivity index (χ0) is 23.5. The first-order valence-corrected chi connectivity index (χ1v) is 13.1. The van der Waals surface area contributed by atoms with Gasteiger partial charge >= 0.3 is 0 Å².